The van der Waals surface area contributed by atoms with Crippen molar-refractivity contribution in [3.8, 4) is 0 Å². The molecule has 1 aliphatic heterocycles. The average molecular weight is 380 g/mol. The summed E-state index contributed by atoms with van der Waals surface area (Å²) in [5.41, 5.74) is 0.693. The van der Waals surface area contributed by atoms with E-state index in [1.807, 2.05) is 0 Å². The number of hydrogen-bond donors (Lipinski definition) is 1. The van der Waals surface area contributed by atoms with E-state index in [0.29, 0.717) is 0 Å². The van der Waals surface area contributed by atoms with E-state index in [1.54, 1.807) is 30.3 Å². The third-order valence-corrected chi connectivity index (χ3v) is 4.19. The Morgan fingerprint density at radius 3 is 2.04 bits per heavy atom. The molecule has 8 heteroatoms. The Morgan fingerprint density at radius 2 is 1.46 bits per heavy atom. The fraction of sp³-hybridized carbons (Fsp3) is 0.150. The molecular weight excluding hydrogens is 364 g/mol. The van der Waals surface area contributed by atoms with E-state index in [2.05, 4.69) is 5.32 Å². The van der Waals surface area contributed by atoms with Gasteiger partial charge < -0.3 is 4.74 Å². The smallest absolute Gasteiger partial charge is 0.329 e. The fourth-order valence-electron chi connectivity index (χ4n) is 2.75. The number of nitrogens with zero attached hydrogens (tertiary/aromatic N) is 1. The molecule has 0 bridgehead atoms. The normalized spacial score (nSPS) is 13.7. The summed E-state index contributed by atoms with van der Waals surface area (Å²) < 4.78 is 4.86. The molecule has 142 valence electrons. The molecule has 0 saturated carbocycles. The summed E-state index contributed by atoms with van der Waals surface area (Å²) >= 11 is 0. The van der Waals surface area contributed by atoms with Crippen LogP contribution in [0.15, 0.2) is 54.6 Å². The van der Waals surface area contributed by atoms with E-state index in [-0.39, 0.29) is 16.7 Å². The Kier molecular flexibility index (Phi) is 5.30. The summed E-state index contributed by atoms with van der Waals surface area (Å²) in [6, 6.07) is 13.1. The predicted molar refractivity (Wildman–Crippen MR) is 96.3 cm³/mol. The molecule has 2 aromatic rings. The van der Waals surface area contributed by atoms with Crippen LogP contribution in [0.3, 0.4) is 0 Å². The molecular formula is C20H16N2O6. The van der Waals surface area contributed by atoms with Crippen LogP contribution in [0.1, 0.15) is 38.0 Å². The van der Waals surface area contributed by atoms with Crippen LogP contribution in [-0.2, 0) is 14.3 Å². The average Bonchev–Trinajstić information content (AvgIpc) is 2.97. The van der Waals surface area contributed by atoms with Crippen molar-refractivity contribution in [1.82, 2.24) is 10.2 Å². The number of ether oxygens (including phenoxy) is 1. The highest BCUT2D eigenvalue weighted by Gasteiger charge is 2.41. The maximum Gasteiger partial charge on any atom is 0.329 e. The zero-order valence-corrected chi connectivity index (χ0v) is 14.9. The number of esters is 1. The van der Waals surface area contributed by atoms with Gasteiger partial charge in [0.1, 0.15) is 6.04 Å². The van der Waals surface area contributed by atoms with Gasteiger partial charge in [-0.15, -0.1) is 0 Å². The highest BCUT2D eigenvalue weighted by molar-refractivity contribution is 6.22. The first-order chi connectivity index (χ1) is 13.4. The number of carbonyl (C=O) groups excluding carboxylic acids is 5. The van der Waals surface area contributed by atoms with Gasteiger partial charge in [-0.1, -0.05) is 30.3 Å². The van der Waals surface area contributed by atoms with E-state index in [4.69, 9.17) is 4.74 Å². The van der Waals surface area contributed by atoms with Gasteiger partial charge in [-0.2, -0.15) is 0 Å². The quantitative estimate of drug-likeness (QED) is 0.616. The minimum atomic E-state index is -1.22. The van der Waals surface area contributed by atoms with Gasteiger partial charge in [-0.3, -0.25) is 29.4 Å². The number of amides is 4. The summed E-state index contributed by atoms with van der Waals surface area (Å²) in [7, 11) is 0. The van der Waals surface area contributed by atoms with E-state index in [1.165, 1.54) is 31.2 Å². The Hall–Kier alpha value is -3.81. The third-order valence-electron chi connectivity index (χ3n) is 4.19. The number of rotatable bonds is 5. The molecule has 0 aromatic heterocycles. The lowest BCUT2D eigenvalue weighted by Crippen LogP contribution is -2.44. The molecule has 4 amide bonds. The fourth-order valence-corrected chi connectivity index (χ4v) is 2.75. The van der Waals surface area contributed by atoms with Crippen LogP contribution in [0.5, 0.6) is 0 Å². The van der Waals surface area contributed by atoms with E-state index in [9.17, 15) is 24.0 Å². The molecule has 0 radical (unpaired) electrons. The lowest BCUT2D eigenvalue weighted by molar-refractivity contribution is -0.151. The van der Waals surface area contributed by atoms with Gasteiger partial charge in [0, 0.05) is 5.56 Å². The molecule has 3 rings (SSSR count). The highest BCUT2D eigenvalue weighted by Crippen LogP contribution is 2.24. The molecule has 1 aliphatic rings. The SMILES string of the molecule is C[C@H](C(=O)OCC(=O)NC(=O)c1ccccc1)N1C(=O)c2ccccc2C1=O. The van der Waals surface area contributed by atoms with Crippen LogP contribution in [0.2, 0.25) is 0 Å². The van der Waals surface area contributed by atoms with Gasteiger partial charge in [0.05, 0.1) is 11.1 Å². The summed E-state index contributed by atoms with van der Waals surface area (Å²) in [6.45, 7) is 0.613. The molecule has 0 aliphatic carbocycles. The number of benzene rings is 2. The topological polar surface area (TPSA) is 110 Å². The van der Waals surface area contributed by atoms with Crippen LogP contribution in [0.4, 0.5) is 0 Å². The number of fused-ring (bicyclic) bond motifs is 1. The van der Waals surface area contributed by atoms with Gasteiger partial charge in [0.2, 0.25) is 0 Å². The number of nitrogens with one attached hydrogen (secondary N) is 1. The van der Waals surface area contributed by atoms with Crippen molar-refractivity contribution in [2.24, 2.45) is 0 Å². The minimum Gasteiger partial charge on any atom is -0.454 e. The molecule has 28 heavy (non-hydrogen) atoms. The second-order valence-electron chi connectivity index (χ2n) is 6.05. The number of carbonyl (C=O) groups is 5. The van der Waals surface area contributed by atoms with Gasteiger partial charge in [0.15, 0.2) is 6.61 Å². The minimum absolute atomic E-state index is 0.207. The molecule has 2 aromatic carbocycles. The van der Waals surface area contributed by atoms with Crippen LogP contribution in [-0.4, -0.2) is 47.1 Å². The van der Waals surface area contributed by atoms with Gasteiger partial charge in [0.25, 0.3) is 23.6 Å². The molecule has 0 saturated heterocycles. The Morgan fingerprint density at radius 1 is 0.929 bits per heavy atom. The Labute approximate surface area is 160 Å². The van der Waals surface area contributed by atoms with Crippen LogP contribution < -0.4 is 5.32 Å². The van der Waals surface area contributed by atoms with Crippen molar-refractivity contribution < 1.29 is 28.7 Å². The monoisotopic (exact) mass is 380 g/mol. The zero-order chi connectivity index (χ0) is 20.3. The van der Waals surface area contributed by atoms with E-state index >= 15 is 0 Å². The first-order valence-electron chi connectivity index (χ1n) is 8.43. The van der Waals surface area contributed by atoms with Gasteiger partial charge >= 0.3 is 5.97 Å². The number of hydrogen-bond acceptors (Lipinski definition) is 6. The van der Waals surface area contributed by atoms with Crippen molar-refractivity contribution >= 4 is 29.6 Å². The van der Waals surface area contributed by atoms with Gasteiger partial charge in [-0.05, 0) is 31.2 Å². The van der Waals surface area contributed by atoms with Crippen LogP contribution in [0, 0.1) is 0 Å². The van der Waals surface area contributed by atoms with Crippen LogP contribution >= 0.6 is 0 Å². The van der Waals surface area contributed by atoms with Crippen molar-refractivity contribution in [1.29, 1.82) is 0 Å². The largest absolute Gasteiger partial charge is 0.454 e. The molecule has 1 N–H and O–H groups in total. The summed E-state index contributed by atoms with van der Waals surface area (Å²) in [6.07, 6.45) is 0. The van der Waals surface area contributed by atoms with Crippen molar-refractivity contribution in [2.75, 3.05) is 6.61 Å². The Bertz CT molecular complexity index is 935. The summed E-state index contributed by atoms with van der Waals surface area (Å²) in [5, 5.41) is 2.09. The summed E-state index contributed by atoms with van der Waals surface area (Å²) in [5.74, 6) is -3.59. The van der Waals surface area contributed by atoms with Crippen molar-refractivity contribution in [3.05, 3.63) is 71.3 Å². The maximum atomic E-state index is 12.4. The summed E-state index contributed by atoms with van der Waals surface area (Å²) in [4.78, 5) is 61.4. The van der Waals surface area contributed by atoms with E-state index in [0.717, 1.165) is 4.90 Å². The predicted octanol–water partition coefficient (Wildman–Crippen LogP) is 1.17. The standard InChI is InChI=1S/C20H16N2O6/c1-12(22-18(25)14-9-5-6-10-15(14)19(22)26)20(27)28-11-16(23)21-17(24)13-7-3-2-4-8-13/h2-10,12H,11H2,1H3,(H,21,23,24)/t12-/m1/s1. The zero-order valence-electron chi connectivity index (χ0n) is 14.9. The first kappa shape index (κ1) is 19.0. The molecule has 0 fully saturated rings. The lowest BCUT2D eigenvalue weighted by atomic mass is 10.1. The molecule has 8 nitrogen and oxygen atoms in total. The lowest BCUT2D eigenvalue weighted by Gasteiger charge is -2.20. The van der Waals surface area contributed by atoms with Crippen molar-refractivity contribution in [2.45, 2.75) is 13.0 Å². The van der Waals surface area contributed by atoms with E-state index < -0.39 is 42.2 Å². The maximum absolute atomic E-state index is 12.4. The second-order valence-corrected chi connectivity index (χ2v) is 6.05. The number of imide groups is 2. The van der Waals surface area contributed by atoms with Crippen LogP contribution in [0.25, 0.3) is 0 Å². The molecule has 1 heterocycles. The Balaban J connectivity index is 1.56. The highest BCUT2D eigenvalue weighted by atomic mass is 16.5. The third kappa shape index (κ3) is 3.66. The molecule has 1 atom stereocenters. The first-order valence-corrected chi connectivity index (χ1v) is 8.43. The second kappa shape index (κ2) is 7.83. The van der Waals surface area contributed by atoms with Crippen molar-refractivity contribution in [3.63, 3.8) is 0 Å². The van der Waals surface area contributed by atoms with Gasteiger partial charge in [-0.25, -0.2) is 4.79 Å². The molecule has 0 unspecified atom stereocenters. The molecule has 0 spiro atoms.